The lowest BCUT2D eigenvalue weighted by atomic mass is 10.2. The fourth-order valence-electron chi connectivity index (χ4n) is 1.79. The predicted molar refractivity (Wildman–Crippen MR) is 84.5 cm³/mol. The second-order valence-corrected chi connectivity index (χ2v) is 6.02. The maximum atomic E-state index is 11.9. The number of aromatic nitrogens is 3. The van der Waals surface area contributed by atoms with Gasteiger partial charge in [0.2, 0.25) is 0 Å². The van der Waals surface area contributed by atoms with Crippen molar-refractivity contribution in [1.29, 1.82) is 0 Å². The number of nitrogens with two attached hydrogens (primary N) is 1. The second kappa shape index (κ2) is 6.45. The zero-order valence-electron chi connectivity index (χ0n) is 10.9. The first-order chi connectivity index (χ1) is 9.49. The van der Waals surface area contributed by atoms with E-state index in [4.69, 9.17) is 5.73 Å². The molecule has 0 aromatic carbocycles. The van der Waals surface area contributed by atoms with Gasteiger partial charge in [-0.1, -0.05) is 0 Å². The van der Waals surface area contributed by atoms with E-state index in [0.29, 0.717) is 18.2 Å². The Kier molecular flexibility index (Phi) is 4.87. The maximum absolute atomic E-state index is 11.9. The first kappa shape index (κ1) is 15.1. The van der Waals surface area contributed by atoms with Gasteiger partial charge in [0.15, 0.2) is 5.95 Å². The number of anilines is 1. The van der Waals surface area contributed by atoms with Gasteiger partial charge in [-0.05, 0) is 50.8 Å². The molecule has 108 valence electrons. The lowest BCUT2D eigenvalue weighted by molar-refractivity contribution is 0.0948. The number of carbonyl (C=O) groups excluding carboxylic acids is 1. The normalized spacial score (nSPS) is 10.8. The van der Waals surface area contributed by atoms with E-state index in [-0.39, 0.29) is 5.91 Å². The van der Waals surface area contributed by atoms with Gasteiger partial charge >= 0.3 is 0 Å². The Morgan fingerprint density at radius 2 is 2.30 bits per heavy atom. The van der Waals surface area contributed by atoms with Crippen molar-refractivity contribution in [3.8, 4) is 0 Å². The second-order valence-electron chi connectivity index (χ2n) is 4.37. The molecule has 0 fully saturated rings. The van der Waals surface area contributed by atoms with Gasteiger partial charge in [0.1, 0.15) is 5.69 Å². The van der Waals surface area contributed by atoms with E-state index in [1.165, 1.54) is 0 Å². The first-order valence-corrected chi connectivity index (χ1v) is 7.66. The van der Waals surface area contributed by atoms with E-state index in [2.05, 4.69) is 47.1 Å². The number of nitrogens with zero attached hydrogens (tertiary/aromatic N) is 2. The molecule has 2 heterocycles. The Bertz CT molecular complexity index is 600. The minimum Gasteiger partial charge on any atom is -0.369 e. The zero-order valence-corrected chi connectivity index (χ0v) is 14.1. The van der Waals surface area contributed by atoms with E-state index in [1.807, 2.05) is 11.6 Å². The minimum atomic E-state index is -0.124. The summed E-state index contributed by atoms with van der Waals surface area (Å²) in [5.74, 6) is 0.381. The van der Waals surface area contributed by atoms with Crippen molar-refractivity contribution in [2.24, 2.45) is 7.05 Å². The van der Waals surface area contributed by atoms with Crippen molar-refractivity contribution in [1.82, 2.24) is 19.9 Å². The lowest BCUT2D eigenvalue weighted by Crippen LogP contribution is -2.25. The van der Waals surface area contributed by atoms with Gasteiger partial charge in [-0.15, -0.1) is 0 Å². The fraction of sp³-hybridized carbons (Fsp3) is 0.333. The molecule has 0 aliphatic carbocycles. The summed E-state index contributed by atoms with van der Waals surface area (Å²) < 4.78 is 3.43. The van der Waals surface area contributed by atoms with Crippen LogP contribution in [0.25, 0.3) is 0 Å². The number of carbonyl (C=O) groups is 1. The number of hydrogen-bond acceptors (Lipinski definition) is 3. The van der Waals surface area contributed by atoms with Gasteiger partial charge in [0, 0.05) is 19.3 Å². The standard InChI is InChI=1S/C12H15Br2N5O/c1-19-7(6-17-12(19)15)3-2-4-16-11(20)9-5-8(13)10(14)18-9/h5-6,18H,2-4H2,1H3,(H2,15,17)(H,16,20). The summed E-state index contributed by atoms with van der Waals surface area (Å²) in [4.78, 5) is 18.8. The number of aryl methyl sites for hydroxylation is 1. The van der Waals surface area contributed by atoms with Crippen LogP contribution in [0.3, 0.4) is 0 Å². The van der Waals surface area contributed by atoms with Crippen LogP contribution in [0.2, 0.25) is 0 Å². The lowest BCUT2D eigenvalue weighted by Gasteiger charge is -2.05. The quantitative estimate of drug-likeness (QED) is 0.667. The predicted octanol–water partition coefficient (Wildman–Crippen LogP) is 2.22. The number of hydrogen-bond donors (Lipinski definition) is 3. The van der Waals surface area contributed by atoms with Crippen molar-refractivity contribution in [2.75, 3.05) is 12.3 Å². The molecule has 20 heavy (non-hydrogen) atoms. The molecule has 4 N–H and O–H groups in total. The van der Waals surface area contributed by atoms with Gasteiger partial charge in [-0.3, -0.25) is 4.79 Å². The highest BCUT2D eigenvalue weighted by atomic mass is 79.9. The number of amides is 1. The van der Waals surface area contributed by atoms with Crippen LogP contribution in [0, 0.1) is 0 Å². The topological polar surface area (TPSA) is 88.7 Å². The van der Waals surface area contributed by atoms with Crippen molar-refractivity contribution in [3.63, 3.8) is 0 Å². The van der Waals surface area contributed by atoms with Crippen LogP contribution >= 0.6 is 31.9 Å². The SMILES string of the molecule is Cn1c(CCCNC(=O)c2cc(Br)c(Br)[nH]2)cnc1N. The number of halogens is 2. The highest BCUT2D eigenvalue weighted by molar-refractivity contribution is 9.13. The highest BCUT2D eigenvalue weighted by Crippen LogP contribution is 2.22. The Hall–Kier alpha value is -1.28. The molecule has 0 aliphatic rings. The molecule has 0 spiro atoms. The maximum Gasteiger partial charge on any atom is 0.267 e. The molecule has 0 radical (unpaired) electrons. The molecular weight excluding hydrogens is 390 g/mol. The molecule has 0 saturated carbocycles. The molecule has 0 unspecified atom stereocenters. The van der Waals surface area contributed by atoms with E-state index in [1.54, 1.807) is 12.3 Å². The summed E-state index contributed by atoms with van der Waals surface area (Å²) in [5.41, 5.74) is 7.23. The monoisotopic (exact) mass is 403 g/mol. The summed E-state index contributed by atoms with van der Waals surface area (Å²) in [6.45, 7) is 0.595. The molecule has 8 heteroatoms. The van der Waals surface area contributed by atoms with Crippen molar-refractivity contribution < 1.29 is 4.79 Å². The molecule has 0 bridgehead atoms. The van der Waals surface area contributed by atoms with Crippen molar-refractivity contribution >= 4 is 43.7 Å². The van der Waals surface area contributed by atoms with Crippen LogP contribution in [0.1, 0.15) is 22.6 Å². The molecule has 2 aromatic rings. The minimum absolute atomic E-state index is 0.124. The molecule has 0 aliphatic heterocycles. The molecular formula is C12H15Br2N5O. The third-order valence-electron chi connectivity index (χ3n) is 2.99. The number of nitrogens with one attached hydrogen (secondary N) is 2. The largest absolute Gasteiger partial charge is 0.369 e. The Morgan fingerprint density at radius 1 is 1.55 bits per heavy atom. The molecule has 2 rings (SSSR count). The first-order valence-electron chi connectivity index (χ1n) is 6.07. The van der Waals surface area contributed by atoms with E-state index in [0.717, 1.165) is 27.6 Å². The highest BCUT2D eigenvalue weighted by Gasteiger charge is 2.10. The fourth-order valence-corrected chi connectivity index (χ4v) is 2.44. The zero-order chi connectivity index (χ0) is 14.7. The van der Waals surface area contributed by atoms with Gasteiger partial charge in [-0.25, -0.2) is 4.98 Å². The van der Waals surface area contributed by atoms with Crippen LogP contribution in [-0.4, -0.2) is 27.0 Å². The summed E-state index contributed by atoms with van der Waals surface area (Å²) >= 11 is 6.63. The number of aromatic amines is 1. The Morgan fingerprint density at radius 3 is 2.85 bits per heavy atom. The number of rotatable bonds is 5. The number of H-pyrrole nitrogens is 1. The molecule has 2 aromatic heterocycles. The van der Waals surface area contributed by atoms with Gasteiger partial charge < -0.3 is 20.6 Å². The number of nitrogen functional groups attached to an aromatic ring is 1. The van der Waals surface area contributed by atoms with Crippen molar-refractivity contribution in [2.45, 2.75) is 12.8 Å². The van der Waals surface area contributed by atoms with Gasteiger partial charge in [-0.2, -0.15) is 0 Å². The summed E-state index contributed by atoms with van der Waals surface area (Å²) in [5, 5.41) is 2.86. The van der Waals surface area contributed by atoms with Crippen molar-refractivity contribution in [3.05, 3.63) is 32.7 Å². The Labute approximate surface area is 133 Å². The van der Waals surface area contributed by atoms with Gasteiger partial charge in [0.25, 0.3) is 5.91 Å². The molecule has 6 nitrogen and oxygen atoms in total. The van der Waals surface area contributed by atoms with Crippen LogP contribution in [0.5, 0.6) is 0 Å². The van der Waals surface area contributed by atoms with Crippen LogP contribution in [0.15, 0.2) is 21.3 Å². The Balaban J connectivity index is 1.78. The molecule has 0 saturated heterocycles. The van der Waals surface area contributed by atoms with E-state index >= 15 is 0 Å². The van der Waals surface area contributed by atoms with E-state index in [9.17, 15) is 4.79 Å². The average Bonchev–Trinajstić information content (AvgIpc) is 2.91. The molecule has 1 amide bonds. The van der Waals surface area contributed by atoms with Crippen LogP contribution in [0.4, 0.5) is 5.95 Å². The smallest absolute Gasteiger partial charge is 0.267 e. The van der Waals surface area contributed by atoms with Gasteiger partial charge in [0.05, 0.1) is 15.3 Å². The summed E-state index contributed by atoms with van der Waals surface area (Å²) in [7, 11) is 1.88. The third kappa shape index (κ3) is 3.43. The summed E-state index contributed by atoms with van der Waals surface area (Å²) in [6, 6.07) is 1.74. The van der Waals surface area contributed by atoms with Crippen LogP contribution in [-0.2, 0) is 13.5 Å². The van der Waals surface area contributed by atoms with E-state index < -0.39 is 0 Å². The summed E-state index contributed by atoms with van der Waals surface area (Å²) in [6.07, 6.45) is 3.41. The van der Waals surface area contributed by atoms with Crippen LogP contribution < -0.4 is 11.1 Å². The third-order valence-corrected chi connectivity index (χ3v) is 4.77. The number of imidazole rings is 1. The average molecular weight is 405 g/mol. The molecule has 0 atom stereocenters.